The van der Waals surface area contributed by atoms with Gasteiger partial charge < -0.3 is 4.57 Å². The fourth-order valence-corrected chi connectivity index (χ4v) is 6.36. The molecule has 0 saturated carbocycles. The Labute approximate surface area is 245 Å². The Morgan fingerprint density at radius 3 is 2.24 bits per heavy atom. The van der Waals surface area contributed by atoms with Gasteiger partial charge in [0, 0.05) is 38.3 Å². The van der Waals surface area contributed by atoms with Crippen LogP contribution in [-0.4, -0.2) is 33.6 Å². The smallest absolute Gasteiger partial charge is 0.282 e. The van der Waals surface area contributed by atoms with E-state index in [4.69, 9.17) is 11.6 Å². The van der Waals surface area contributed by atoms with Crippen LogP contribution in [0.15, 0.2) is 95.9 Å². The number of hydrogen-bond donors (Lipinski definition) is 2. The molecule has 0 atom stereocenters. The van der Waals surface area contributed by atoms with Crippen molar-refractivity contribution < 1.29 is 30.4 Å². The fraction of sp³-hybridized carbons (Fsp3) is 0.0690. The minimum Gasteiger partial charge on any atom is -0.331 e. The molecule has 0 spiro atoms. The minimum absolute atomic E-state index is 0.000974. The van der Waals surface area contributed by atoms with Crippen LogP contribution < -0.4 is 9.44 Å². The van der Waals surface area contributed by atoms with Crippen molar-refractivity contribution in [2.24, 2.45) is 0 Å². The predicted molar refractivity (Wildman–Crippen MR) is 157 cm³/mol. The van der Waals surface area contributed by atoms with Crippen molar-refractivity contribution in [1.82, 2.24) is 9.29 Å². The zero-order valence-electron chi connectivity index (χ0n) is 21.8. The average Bonchev–Trinajstić information content (AvgIpc) is 3.22. The van der Waals surface area contributed by atoms with Gasteiger partial charge in [0.05, 0.1) is 17.7 Å². The second-order valence-corrected chi connectivity index (χ2v) is 13.2. The molecule has 216 valence electrons. The van der Waals surface area contributed by atoms with E-state index in [0.717, 1.165) is 12.3 Å². The highest BCUT2D eigenvalue weighted by molar-refractivity contribution is 7.92. The SMILES string of the molecule is CS(=O)(=O)Nc1cccc(S(=O)(=O)NC(=O)c2c(-c3ccccc3F)c3cc(Cl)ccc3n2Cc2ccccc2F)c1. The number of halogens is 3. The number of aromatic nitrogens is 1. The first-order chi connectivity index (χ1) is 19.8. The van der Waals surface area contributed by atoms with Crippen LogP contribution in [0.1, 0.15) is 16.1 Å². The molecule has 0 fully saturated rings. The number of carbonyl (C=O) groups is 1. The zero-order chi connectivity index (χ0) is 30.2. The van der Waals surface area contributed by atoms with Crippen molar-refractivity contribution in [2.45, 2.75) is 11.4 Å². The topological polar surface area (TPSA) is 114 Å². The molecule has 1 amide bonds. The number of hydrogen-bond acceptors (Lipinski definition) is 5. The van der Waals surface area contributed by atoms with Crippen LogP contribution in [0.25, 0.3) is 22.0 Å². The Hall–Kier alpha value is -4.26. The summed E-state index contributed by atoms with van der Waals surface area (Å²) in [6.07, 6.45) is 0.904. The van der Waals surface area contributed by atoms with Crippen molar-refractivity contribution in [1.29, 1.82) is 0 Å². The molecule has 5 aromatic rings. The van der Waals surface area contributed by atoms with Crippen molar-refractivity contribution in [3.8, 4) is 11.1 Å². The minimum atomic E-state index is -4.58. The monoisotopic (exact) mass is 629 g/mol. The van der Waals surface area contributed by atoms with E-state index in [9.17, 15) is 26.0 Å². The first-order valence-corrected chi connectivity index (χ1v) is 16.0. The van der Waals surface area contributed by atoms with Crippen LogP contribution in [0.5, 0.6) is 0 Å². The second-order valence-electron chi connectivity index (χ2n) is 9.38. The molecule has 1 heterocycles. The van der Waals surface area contributed by atoms with Gasteiger partial charge in [-0.1, -0.05) is 54.1 Å². The third kappa shape index (κ3) is 6.01. The zero-order valence-corrected chi connectivity index (χ0v) is 24.2. The molecular formula is C29H22ClF2N3O5S2. The Morgan fingerprint density at radius 2 is 1.55 bits per heavy atom. The predicted octanol–water partition coefficient (Wildman–Crippen LogP) is 5.78. The summed E-state index contributed by atoms with van der Waals surface area (Å²) in [6, 6.07) is 21.0. The number of nitrogens with one attached hydrogen (secondary N) is 2. The van der Waals surface area contributed by atoms with E-state index in [0.29, 0.717) is 10.9 Å². The third-order valence-corrected chi connectivity index (χ3v) is 8.51. The molecule has 0 aliphatic heterocycles. The first kappa shape index (κ1) is 29.2. The molecule has 0 unspecified atom stereocenters. The van der Waals surface area contributed by atoms with E-state index in [-0.39, 0.29) is 39.6 Å². The molecule has 8 nitrogen and oxygen atoms in total. The van der Waals surface area contributed by atoms with E-state index in [2.05, 4.69) is 4.72 Å². The summed E-state index contributed by atoms with van der Waals surface area (Å²) in [6.45, 7) is -0.199. The van der Waals surface area contributed by atoms with Crippen molar-refractivity contribution in [2.75, 3.05) is 11.0 Å². The van der Waals surface area contributed by atoms with Gasteiger partial charge in [-0.3, -0.25) is 9.52 Å². The summed E-state index contributed by atoms with van der Waals surface area (Å²) in [5.74, 6) is -2.37. The van der Waals surface area contributed by atoms with Crippen LogP contribution in [0.2, 0.25) is 5.02 Å². The van der Waals surface area contributed by atoms with Crippen molar-refractivity contribution in [3.05, 3.63) is 119 Å². The summed E-state index contributed by atoms with van der Waals surface area (Å²) in [5.41, 5.74) is 0.336. The number of rotatable bonds is 8. The van der Waals surface area contributed by atoms with Gasteiger partial charge in [0.25, 0.3) is 15.9 Å². The summed E-state index contributed by atoms with van der Waals surface area (Å²) in [7, 11) is -8.30. The highest BCUT2D eigenvalue weighted by atomic mass is 35.5. The third-order valence-electron chi connectivity index (χ3n) is 6.34. The molecule has 13 heteroatoms. The molecule has 5 rings (SSSR count). The van der Waals surface area contributed by atoms with Crippen LogP contribution >= 0.6 is 11.6 Å². The standard InChI is InChI=1S/C29H22ClF2N3O5S2/c1-41(37,38)33-20-8-6-9-21(16-20)42(39,40)34-29(36)28-27(22-10-3-5-12-25(22)32)23-15-19(30)13-14-26(23)35(28)17-18-7-2-4-11-24(18)31/h2-16,33H,17H2,1H3,(H,34,36). The number of fused-ring (bicyclic) bond motifs is 1. The maximum absolute atomic E-state index is 15.2. The summed E-state index contributed by atoms with van der Waals surface area (Å²) < 4.78 is 85.6. The molecule has 2 N–H and O–H groups in total. The number of carbonyl (C=O) groups excluding carboxylic acids is 1. The molecular weight excluding hydrogens is 608 g/mol. The van der Waals surface area contributed by atoms with E-state index in [1.807, 2.05) is 4.72 Å². The normalized spacial score (nSPS) is 11.9. The van der Waals surface area contributed by atoms with Crippen LogP contribution in [0.4, 0.5) is 14.5 Å². The lowest BCUT2D eigenvalue weighted by atomic mass is 10.0. The van der Waals surface area contributed by atoms with Gasteiger partial charge in [0.15, 0.2) is 0 Å². The van der Waals surface area contributed by atoms with Crippen molar-refractivity contribution >= 4 is 54.1 Å². The molecule has 0 bridgehead atoms. The maximum atomic E-state index is 15.2. The number of sulfonamides is 2. The van der Waals surface area contributed by atoms with Gasteiger partial charge >= 0.3 is 0 Å². The molecule has 0 aliphatic carbocycles. The van der Waals surface area contributed by atoms with Crippen LogP contribution in [0.3, 0.4) is 0 Å². The largest absolute Gasteiger partial charge is 0.331 e. The Kier molecular flexibility index (Phi) is 7.80. The lowest BCUT2D eigenvalue weighted by molar-refractivity contribution is 0.0974. The molecule has 42 heavy (non-hydrogen) atoms. The van der Waals surface area contributed by atoms with E-state index in [1.54, 1.807) is 24.3 Å². The average molecular weight is 630 g/mol. The molecule has 1 aromatic heterocycles. The van der Waals surface area contributed by atoms with Crippen molar-refractivity contribution in [3.63, 3.8) is 0 Å². The maximum Gasteiger partial charge on any atom is 0.282 e. The molecule has 0 radical (unpaired) electrons. The van der Waals surface area contributed by atoms with Crippen LogP contribution in [-0.2, 0) is 26.6 Å². The number of amides is 1. The Balaban J connectivity index is 1.71. The highest BCUT2D eigenvalue weighted by Gasteiger charge is 2.29. The molecule has 0 saturated heterocycles. The first-order valence-electron chi connectivity index (χ1n) is 12.3. The van der Waals surface area contributed by atoms with Gasteiger partial charge in [-0.05, 0) is 48.5 Å². The number of benzene rings is 4. The quantitative estimate of drug-likeness (QED) is 0.226. The van der Waals surface area contributed by atoms with E-state index in [1.165, 1.54) is 65.2 Å². The van der Waals surface area contributed by atoms with E-state index < -0.39 is 42.5 Å². The van der Waals surface area contributed by atoms with Gasteiger partial charge in [-0.25, -0.2) is 30.3 Å². The summed E-state index contributed by atoms with van der Waals surface area (Å²) in [4.78, 5) is 13.5. The molecule has 0 aliphatic rings. The number of nitrogens with zero attached hydrogens (tertiary/aromatic N) is 1. The summed E-state index contributed by atoms with van der Waals surface area (Å²) in [5, 5.41) is 0.615. The lowest BCUT2D eigenvalue weighted by Gasteiger charge is -2.14. The Bertz CT molecular complexity index is 2080. The molecule has 4 aromatic carbocycles. The second kappa shape index (κ2) is 11.2. The number of anilines is 1. The fourth-order valence-electron chi connectivity index (χ4n) is 4.63. The van der Waals surface area contributed by atoms with Crippen LogP contribution in [0, 0.1) is 11.6 Å². The van der Waals surface area contributed by atoms with Gasteiger partial charge in [-0.15, -0.1) is 0 Å². The lowest BCUT2D eigenvalue weighted by Crippen LogP contribution is -2.32. The van der Waals surface area contributed by atoms with Gasteiger partial charge in [0.2, 0.25) is 10.0 Å². The summed E-state index contributed by atoms with van der Waals surface area (Å²) >= 11 is 6.28. The van der Waals surface area contributed by atoms with Gasteiger partial charge in [0.1, 0.15) is 17.3 Å². The highest BCUT2D eigenvalue weighted by Crippen LogP contribution is 2.38. The van der Waals surface area contributed by atoms with Gasteiger partial charge in [-0.2, -0.15) is 0 Å². The van der Waals surface area contributed by atoms with E-state index >= 15 is 4.39 Å². The Morgan fingerprint density at radius 1 is 0.857 bits per heavy atom.